The molecule has 0 aliphatic heterocycles. The van der Waals surface area contributed by atoms with E-state index in [-0.39, 0.29) is 5.91 Å². The molecule has 0 aliphatic rings. The summed E-state index contributed by atoms with van der Waals surface area (Å²) >= 11 is 17.9. The number of halogens is 3. The van der Waals surface area contributed by atoms with Gasteiger partial charge in [0.15, 0.2) is 0 Å². The Morgan fingerprint density at radius 1 is 0.905 bits per heavy atom. The number of anilines is 1. The van der Waals surface area contributed by atoms with Gasteiger partial charge in [0.2, 0.25) is 0 Å². The Bertz CT molecular complexity index is 658. The van der Waals surface area contributed by atoms with E-state index in [9.17, 15) is 4.79 Å². The van der Waals surface area contributed by atoms with Gasteiger partial charge in [-0.05, 0) is 38.1 Å². The number of amides is 1. The van der Waals surface area contributed by atoms with E-state index in [4.69, 9.17) is 34.8 Å². The highest BCUT2D eigenvalue weighted by molar-refractivity contribution is 6.41. The van der Waals surface area contributed by atoms with Gasteiger partial charge >= 0.3 is 0 Å². The molecule has 0 saturated carbocycles. The second kappa shape index (κ2) is 6.56. The molecular weight excluding hydrogens is 331 g/mol. The van der Waals surface area contributed by atoms with E-state index < -0.39 is 0 Å². The van der Waals surface area contributed by atoms with Crippen LogP contribution in [0, 0.1) is 13.8 Å². The third kappa shape index (κ3) is 4.03. The summed E-state index contributed by atoms with van der Waals surface area (Å²) in [7, 11) is 0. The van der Waals surface area contributed by atoms with Gasteiger partial charge in [-0.3, -0.25) is 15.6 Å². The number of rotatable bonds is 3. The smallest absolute Gasteiger partial charge is 0.269 e. The molecule has 0 spiro atoms. The molecule has 0 aliphatic carbocycles. The lowest BCUT2D eigenvalue weighted by Gasteiger charge is -2.12. The van der Waals surface area contributed by atoms with Gasteiger partial charge < -0.3 is 0 Å². The number of hydrogen-bond donors (Lipinski definition) is 2. The molecule has 2 N–H and O–H groups in total. The highest BCUT2D eigenvalue weighted by Gasteiger charge is 2.10. The molecule has 1 amide bonds. The Morgan fingerprint density at radius 2 is 1.43 bits per heavy atom. The number of hydrazine groups is 1. The Morgan fingerprint density at radius 3 is 1.95 bits per heavy atom. The zero-order valence-electron chi connectivity index (χ0n) is 11.4. The van der Waals surface area contributed by atoms with Crippen LogP contribution in [-0.4, -0.2) is 5.91 Å². The maximum atomic E-state index is 12.1. The van der Waals surface area contributed by atoms with Crippen LogP contribution in [0.4, 0.5) is 5.69 Å². The third-order valence-corrected chi connectivity index (χ3v) is 3.61. The Balaban J connectivity index is 2.15. The zero-order valence-corrected chi connectivity index (χ0v) is 13.7. The second-order valence-corrected chi connectivity index (χ2v) is 5.95. The molecule has 2 rings (SSSR count). The van der Waals surface area contributed by atoms with Gasteiger partial charge in [-0.15, -0.1) is 0 Å². The van der Waals surface area contributed by atoms with Crippen molar-refractivity contribution in [1.29, 1.82) is 0 Å². The highest BCUT2D eigenvalue weighted by Crippen LogP contribution is 2.33. The predicted octanol–water partition coefficient (Wildman–Crippen LogP) is 5.02. The highest BCUT2D eigenvalue weighted by atomic mass is 35.5. The van der Waals surface area contributed by atoms with Crippen LogP contribution < -0.4 is 10.9 Å². The first kappa shape index (κ1) is 16.0. The van der Waals surface area contributed by atoms with Crippen LogP contribution in [0.15, 0.2) is 30.3 Å². The summed E-state index contributed by atoms with van der Waals surface area (Å²) in [5, 5.41) is 1.08. The second-order valence-electron chi connectivity index (χ2n) is 4.70. The van der Waals surface area contributed by atoms with Gasteiger partial charge in [0.05, 0.1) is 15.7 Å². The number of carbonyl (C=O) groups excluding carboxylic acids is 1. The van der Waals surface area contributed by atoms with E-state index >= 15 is 0 Å². The first-order chi connectivity index (χ1) is 9.86. The number of aryl methyl sites for hydroxylation is 2. The first-order valence-electron chi connectivity index (χ1n) is 6.16. The minimum Gasteiger partial charge on any atom is -0.295 e. The fourth-order valence-corrected chi connectivity index (χ4v) is 2.87. The summed E-state index contributed by atoms with van der Waals surface area (Å²) in [6, 6.07) is 8.68. The average Bonchev–Trinajstić information content (AvgIpc) is 2.35. The van der Waals surface area contributed by atoms with Crippen LogP contribution in [0.3, 0.4) is 0 Å². The SMILES string of the molecule is Cc1cc(C)cc(C(=O)NNc2c(Cl)cc(Cl)cc2Cl)c1. The standard InChI is InChI=1S/C15H13Cl3N2O/c1-8-3-9(2)5-10(4-8)15(21)20-19-14-12(17)6-11(16)7-13(14)18/h3-7,19H,1-2H3,(H,20,21). The summed E-state index contributed by atoms with van der Waals surface area (Å²) in [6.07, 6.45) is 0. The molecule has 3 nitrogen and oxygen atoms in total. The minimum atomic E-state index is -0.274. The van der Waals surface area contributed by atoms with Crippen molar-refractivity contribution in [2.24, 2.45) is 0 Å². The molecule has 0 atom stereocenters. The van der Waals surface area contributed by atoms with Crippen molar-refractivity contribution in [3.8, 4) is 0 Å². The number of nitrogens with one attached hydrogen (secondary N) is 2. The maximum absolute atomic E-state index is 12.1. The third-order valence-electron chi connectivity index (χ3n) is 2.79. The molecule has 0 aromatic heterocycles. The molecule has 0 heterocycles. The summed E-state index contributed by atoms with van der Waals surface area (Å²) in [5.74, 6) is -0.274. The van der Waals surface area contributed by atoms with Crippen molar-refractivity contribution in [2.45, 2.75) is 13.8 Å². The molecule has 0 fully saturated rings. The molecule has 0 bridgehead atoms. The summed E-state index contributed by atoms with van der Waals surface area (Å²) in [5.41, 5.74) is 8.29. The summed E-state index contributed by atoms with van der Waals surface area (Å²) in [6.45, 7) is 3.87. The number of benzene rings is 2. The van der Waals surface area contributed by atoms with Crippen LogP contribution in [0.1, 0.15) is 21.5 Å². The number of carbonyl (C=O) groups is 1. The van der Waals surface area contributed by atoms with E-state index in [1.54, 1.807) is 24.3 Å². The largest absolute Gasteiger partial charge is 0.295 e. The lowest BCUT2D eigenvalue weighted by Crippen LogP contribution is -2.29. The van der Waals surface area contributed by atoms with E-state index in [1.807, 2.05) is 19.9 Å². The minimum absolute atomic E-state index is 0.274. The zero-order chi connectivity index (χ0) is 15.6. The average molecular weight is 344 g/mol. The van der Waals surface area contributed by atoms with Gasteiger partial charge in [-0.1, -0.05) is 52.0 Å². The van der Waals surface area contributed by atoms with Gasteiger partial charge in [0, 0.05) is 10.6 Å². The van der Waals surface area contributed by atoms with Crippen LogP contribution >= 0.6 is 34.8 Å². The van der Waals surface area contributed by atoms with E-state index in [1.165, 1.54) is 0 Å². The molecule has 2 aromatic rings. The van der Waals surface area contributed by atoms with Crippen molar-refractivity contribution in [1.82, 2.24) is 5.43 Å². The molecule has 110 valence electrons. The molecule has 6 heteroatoms. The maximum Gasteiger partial charge on any atom is 0.269 e. The van der Waals surface area contributed by atoms with Crippen molar-refractivity contribution in [2.75, 3.05) is 5.43 Å². The van der Waals surface area contributed by atoms with Gasteiger partial charge in [0.1, 0.15) is 0 Å². The first-order valence-corrected chi connectivity index (χ1v) is 7.29. The fraction of sp³-hybridized carbons (Fsp3) is 0.133. The van der Waals surface area contributed by atoms with E-state index in [0.29, 0.717) is 26.3 Å². The van der Waals surface area contributed by atoms with E-state index in [0.717, 1.165) is 11.1 Å². The lowest BCUT2D eigenvalue weighted by atomic mass is 10.1. The van der Waals surface area contributed by atoms with Gasteiger partial charge in [0.25, 0.3) is 5.91 Å². The topological polar surface area (TPSA) is 41.1 Å². The molecule has 0 radical (unpaired) electrons. The summed E-state index contributed by atoms with van der Waals surface area (Å²) < 4.78 is 0. The molecule has 0 unspecified atom stereocenters. The monoisotopic (exact) mass is 342 g/mol. The van der Waals surface area contributed by atoms with Gasteiger partial charge in [-0.25, -0.2) is 0 Å². The van der Waals surface area contributed by atoms with Crippen molar-refractivity contribution < 1.29 is 4.79 Å². The van der Waals surface area contributed by atoms with Crippen molar-refractivity contribution in [3.05, 3.63) is 62.1 Å². The van der Waals surface area contributed by atoms with Crippen LogP contribution in [0.25, 0.3) is 0 Å². The van der Waals surface area contributed by atoms with Crippen molar-refractivity contribution in [3.63, 3.8) is 0 Å². The molecule has 21 heavy (non-hydrogen) atoms. The fourth-order valence-electron chi connectivity index (χ4n) is 1.96. The van der Waals surface area contributed by atoms with Crippen molar-refractivity contribution >= 4 is 46.4 Å². The molecule has 0 saturated heterocycles. The van der Waals surface area contributed by atoms with E-state index in [2.05, 4.69) is 10.9 Å². The lowest BCUT2D eigenvalue weighted by molar-refractivity contribution is 0.0962. The van der Waals surface area contributed by atoms with Crippen LogP contribution in [0.2, 0.25) is 15.1 Å². The quantitative estimate of drug-likeness (QED) is 0.768. The van der Waals surface area contributed by atoms with Gasteiger partial charge in [-0.2, -0.15) is 0 Å². The molecular formula is C15H13Cl3N2O. The normalized spacial score (nSPS) is 10.3. The number of hydrogen-bond acceptors (Lipinski definition) is 2. The Labute approximate surface area is 138 Å². The van der Waals surface area contributed by atoms with Crippen LogP contribution in [-0.2, 0) is 0 Å². The predicted molar refractivity (Wildman–Crippen MR) is 88.5 cm³/mol. The molecule has 2 aromatic carbocycles. The Kier molecular flexibility index (Phi) is 4.99. The summed E-state index contributed by atoms with van der Waals surface area (Å²) in [4.78, 5) is 12.1. The Hall–Kier alpha value is -1.42. The van der Waals surface area contributed by atoms with Crippen LogP contribution in [0.5, 0.6) is 0 Å².